The Kier molecular flexibility index (Phi) is 2.09. The van der Waals surface area contributed by atoms with Gasteiger partial charge in [-0.1, -0.05) is 0 Å². The molecule has 1 atom stereocenters. The second kappa shape index (κ2) is 3.45. The second-order valence-corrected chi connectivity index (χ2v) is 5.10. The van der Waals surface area contributed by atoms with Crippen LogP contribution in [0.25, 0.3) is 5.65 Å². The third-order valence-electron chi connectivity index (χ3n) is 2.74. The fraction of sp³-hybridized carbons (Fsp3) is 0.364. The highest BCUT2D eigenvalue weighted by atomic mass is 32.2. The van der Waals surface area contributed by atoms with Gasteiger partial charge in [0.1, 0.15) is 0 Å². The molecule has 1 saturated heterocycles. The SMILES string of the molecule is Oc1cccn2cc(C3CCCS3)nc12. The summed E-state index contributed by atoms with van der Waals surface area (Å²) in [5.74, 6) is 1.48. The number of imidazole rings is 1. The Bertz CT molecular complexity index is 488. The molecule has 0 bridgehead atoms. The average Bonchev–Trinajstić information content (AvgIpc) is 2.86. The Labute approximate surface area is 92.1 Å². The molecule has 3 nitrogen and oxygen atoms in total. The lowest BCUT2D eigenvalue weighted by Gasteiger charge is -2.01. The average molecular weight is 220 g/mol. The van der Waals surface area contributed by atoms with Crippen LogP contribution < -0.4 is 0 Å². The van der Waals surface area contributed by atoms with Gasteiger partial charge >= 0.3 is 0 Å². The van der Waals surface area contributed by atoms with Crippen molar-refractivity contribution in [2.75, 3.05) is 5.75 Å². The van der Waals surface area contributed by atoms with Crippen LogP contribution in [0.1, 0.15) is 23.8 Å². The molecule has 0 aliphatic carbocycles. The number of aromatic nitrogens is 2. The summed E-state index contributed by atoms with van der Waals surface area (Å²) in [6, 6.07) is 3.50. The van der Waals surface area contributed by atoms with E-state index in [-0.39, 0.29) is 5.75 Å². The van der Waals surface area contributed by atoms with Gasteiger partial charge in [0, 0.05) is 17.6 Å². The van der Waals surface area contributed by atoms with Gasteiger partial charge in [-0.05, 0) is 30.7 Å². The monoisotopic (exact) mass is 220 g/mol. The summed E-state index contributed by atoms with van der Waals surface area (Å²) < 4.78 is 1.89. The minimum atomic E-state index is 0.256. The van der Waals surface area contributed by atoms with Crippen molar-refractivity contribution >= 4 is 17.4 Å². The number of rotatable bonds is 1. The summed E-state index contributed by atoms with van der Waals surface area (Å²) in [7, 11) is 0. The molecule has 78 valence electrons. The topological polar surface area (TPSA) is 37.5 Å². The van der Waals surface area contributed by atoms with E-state index in [2.05, 4.69) is 4.98 Å². The lowest BCUT2D eigenvalue weighted by Crippen LogP contribution is -1.87. The highest BCUT2D eigenvalue weighted by Gasteiger charge is 2.20. The summed E-state index contributed by atoms with van der Waals surface area (Å²) in [6.45, 7) is 0. The summed E-state index contributed by atoms with van der Waals surface area (Å²) in [6.07, 6.45) is 6.42. The van der Waals surface area contributed by atoms with Crippen LogP contribution in [0.5, 0.6) is 5.75 Å². The summed E-state index contributed by atoms with van der Waals surface area (Å²) >= 11 is 1.96. The van der Waals surface area contributed by atoms with Crippen molar-refractivity contribution in [2.45, 2.75) is 18.1 Å². The zero-order valence-electron chi connectivity index (χ0n) is 8.26. The molecule has 1 unspecified atom stereocenters. The van der Waals surface area contributed by atoms with Gasteiger partial charge in [-0.2, -0.15) is 11.8 Å². The van der Waals surface area contributed by atoms with E-state index in [4.69, 9.17) is 0 Å². The molecular formula is C11H12N2OS. The van der Waals surface area contributed by atoms with E-state index in [1.165, 1.54) is 18.6 Å². The highest BCUT2D eigenvalue weighted by molar-refractivity contribution is 7.99. The van der Waals surface area contributed by atoms with Crippen molar-refractivity contribution in [1.29, 1.82) is 0 Å². The maximum absolute atomic E-state index is 9.64. The van der Waals surface area contributed by atoms with Gasteiger partial charge in [0.05, 0.1) is 5.69 Å². The molecule has 2 aromatic heterocycles. The molecule has 4 heteroatoms. The molecule has 0 radical (unpaired) electrons. The van der Waals surface area contributed by atoms with Crippen LogP contribution in [-0.4, -0.2) is 20.2 Å². The van der Waals surface area contributed by atoms with Crippen molar-refractivity contribution in [1.82, 2.24) is 9.38 Å². The summed E-state index contributed by atoms with van der Waals surface area (Å²) in [5, 5.41) is 10.2. The van der Waals surface area contributed by atoms with Crippen molar-refractivity contribution in [3.63, 3.8) is 0 Å². The Morgan fingerprint density at radius 2 is 2.47 bits per heavy atom. The van der Waals surface area contributed by atoms with Gasteiger partial charge in [0.15, 0.2) is 11.4 Å². The maximum atomic E-state index is 9.64. The van der Waals surface area contributed by atoms with E-state index >= 15 is 0 Å². The van der Waals surface area contributed by atoms with Gasteiger partial charge < -0.3 is 9.51 Å². The number of hydrogen-bond donors (Lipinski definition) is 1. The third kappa shape index (κ3) is 1.49. The Morgan fingerprint density at radius 1 is 1.53 bits per heavy atom. The van der Waals surface area contributed by atoms with Crippen LogP contribution in [0.3, 0.4) is 0 Å². The van der Waals surface area contributed by atoms with E-state index < -0.39 is 0 Å². The molecule has 1 aliphatic rings. The van der Waals surface area contributed by atoms with Gasteiger partial charge in [0.25, 0.3) is 0 Å². The van der Waals surface area contributed by atoms with E-state index in [0.717, 1.165) is 5.69 Å². The lowest BCUT2D eigenvalue weighted by atomic mass is 10.2. The fourth-order valence-corrected chi connectivity index (χ4v) is 3.22. The number of nitrogens with zero attached hydrogens (tertiary/aromatic N) is 2. The van der Waals surface area contributed by atoms with Crippen molar-refractivity contribution in [2.24, 2.45) is 0 Å². The lowest BCUT2D eigenvalue weighted by molar-refractivity contribution is 0.477. The van der Waals surface area contributed by atoms with Crippen LogP contribution in [0.4, 0.5) is 0 Å². The van der Waals surface area contributed by atoms with Crippen LogP contribution in [-0.2, 0) is 0 Å². The molecule has 0 saturated carbocycles. The largest absolute Gasteiger partial charge is 0.504 e. The second-order valence-electron chi connectivity index (χ2n) is 3.79. The molecule has 3 heterocycles. The first kappa shape index (κ1) is 9.09. The predicted molar refractivity (Wildman–Crippen MR) is 61.3 cm³/mol. The molecule has 1 fully saturated rings. The fourth-order valence-electron chi connectivity index (χ4n) is 1.98. The minimum Gasteiger partial charge on any atom is -0.504 e. The molecule has 1 N–H and O–H groups in total. The van der Waals surface area contributed by atoms with Crippen LogP contribution >= 0.6 is 11.8 Å². The normalized spacial score (nSPS) is 21.2. The molecular weight excluding hydrogens is 208 g/mol. The van der Waals surface area contributed by atoms with E-state index in [9.17, 15) is 5.11 Å². The minimum absolute atomic E-state index is 0.256. The molecule has 0 spiro atoms. The highest BCUT2D eigenvalue weighted by Crippen LogP contribution is 2.39. The maximum Gasteiger partial charge on any atom is 0.179 e. The van der Waals surface area contributed by atoms with Crippen molar-refractivity contribution in [3.05, 3.63) is 30.2 Å². The van der Waals surface area contributed by atoms with E-state index in [1.807, 2.05) is 34.6 Å². The summed E-state index contributed by atoms with van der Waals surface area (Å²) in [4.78, 5) is 4.49. The van der Waals surface area contributed by atoms with Crippen molar-refractivity contribution in [3.8, 4) is 5.75 Å². The zero-order valence-corrected chi connectivity index (χ0v) is 9.07. The van der Waals surface area contributed by atoms with E-state index in [0.29, 0.717) is 10.9 Å². The van der Waals surface area contributed by atoms with Gasteiger partial charge in [-0.25, -0.2) is 4.98 Å². The Balaban J connectivity index is 2.09. The van der Waals surface area contributed by atoms with Gasteiger partial charge in [0.2, 0.25) is 0 Å². The van der Waals surface area contributed by atoms with Crippen LogP contribution in [0.2, 0.25) is 0 Å². The molecule has 0 amide bonds. The van der Waals surface area contributed by atoms with Gasteiger partial charge in [-0.15, -0.1) is 0 Å². The number of thioether (sulfide) groups is 1. The standard InChI is InChI=1S/C11H12N2OS/c14-9-3-1-5-13-7-8(12-11(9)13)10-4-2-6-15-10/h1,3,5,7,10,14H,2,4,6H2. The van der Waals surface area contributed by atoms with E-state index in [1.54, 1.807) is 6.07 Å². The number of hydrogen-bond acceptors (Lipinski definition) is 3. The number of fused-ring (bicyclic) bond motifs is 1. The number of pyridine rings is 1. The first-order chi connectivity index (χ1) is 7.34. The van der Waals surface area contributed by atoms with Gasteiger partial charge in [-0.3, -0.25) is 0 Å². The number of aromatic hydroxyl groups is 1. The zero-order chi connectivity index (χ0) is 10.3. The quantitative estimate of drug-likeness (QED) is 0.802. The van der Waals surface area contributed by atoms with Crippen LogP contribution in [0, 0.1) is 0 Å². The van der Waals surface area contributed by atoms with Crippen LogP contribution in [0.15, 0.2) is 24.5 Å². The molecule has 3 rings (SSSR count). The molecule has 0 aromatic carbocycles. The molecule has 1 aliphatic heterocycles. The first-order valence-electron chi connectivity index (χ1n) is 5.13. The predicted octanol–water partition coefficient (Wildman–Crippen LogP) is 2.61. The summed E-state index contributed by atoms with van der Waals surface area (Å²) in [5.41, 5.74) is 1.76. The first-order valence-corrected chi connectivity index (χ1v) is 6.17. The molecule has 2 aromatic rings. The Hall–Kier alpha value is -1.16. The molecule has 15 heavy (non-hydrogen) atoms. The Morgan fingerprint density at radius 3 is 3.20 bits per heavy atom. The smallest absolute Gasteiger partial charge is 0.179 e. The van der Waals surface area contributed by atoms with Crippen molar-refractivity contribution < 1.29 is 5.11 Å². The third-order valence-corrected chi connectivity index (χ3v) is 4.14.